The van der Waals surface area contributed by atoms with Gasteiger partial charge in [-0.2, -0.15) is 13.2 Å². The van der Waals surface area contributed by atoms with Gasteiger partial charge in [0.15, 0.2) is 0 Å². The van der Waals surface area contributed by atoms with Gasteiger partial charge in [0.1, 0.15) is 6.54 Å². The first-order valence-corrected chi connectivity index (χ1v) is 10.4. The molecule has 2 rings (SSSR count). The van der Waals surface area contributed by atoms with Crippen LogP contribution < -0.4 is 9.62 Å². The van der Waals surface area contributed by atoms with Crippen molar-refractivity contribution in [1.29, 1.82) is 0 Å². The van der Waals surface area contributed by atoms with Crippen LogP contribution in [0.1, 0.15) is 31.4 Å². The second-order valence-electron chi connectivity index (χ2n) is 6.75. The lowest BCUT2D eigenvalue weighted by Crippen LogP contribution is -2.43. The molecule has 0 saturated heterocycles. The van der Waals surface area contributed by atoms with Gasteiger partial charge in [-0.25, -0.2) is 8.42 Å². The van der Waals surface area contributed by atoms with Gasteiger partial charge in [-0.15, -0.1) is 0 Å². The molecule has 9 heteroatoms. The lowest BCUT2D eigenvalue weighted by atomic mass is 10.2. The van der Waals surface area contributed by atoms with Crippen molar-refractivity contribution in [3.05, 3.63) is 59.7 Å². The first-order valence-electron chi connectivity index (χ1n) is 9.01. The largest absolute Gasteiger partial charge is 0.416 e. The van der Waals surface area contributed by atoms with Crippen LogP contribution >= 0.6 is 0 Å². The first-order chi connectivity index (χ1) is 13.4. The highest BCUT2D eigenvalue weighted by atomic mass is 32.2. The van der Waals surface area contributed by atoms with Gasteiger partial charge in [0.2, 0.25) is 5.91 Å². The van der Waals surface area contributed by atoms with Crippen molar-refractivity contribution >= 4 is 21.6 Å². The Morgan fingerprint density at radius 2 is 1.76 bits per heavy atom. The molecule has 2 aromatic rings. The lowest BCUT2D eigenvalue weighted by molar-refractivity contribution is -0.137. The number of nitrogens with one attached hydrogen (secondary N) is 1. The zero-order chi connectivity index (χ0) is 21.8. The van der Waals surface area contributed by atoms with Gasteiger partial charge in [-0.1, -0.05) is 30.7 Å². The van der Waals surface area contributed by atoms with Gasteiger partial charge in [0.05, 0.1) is 16.1 Å². The molecule has 0 heterocycles. The summed E-state index contributed by atoms with van der Waals surface area (Å²) in [6, 6.07) is 9.59. The van der Waals surface area contributed by atoms with Crippen LogP contribution in [0.25, 0.3) is 0 Å². The summed E-state index contributed by atoms with van der Waals surface area (Å²) in [7, 11) is -4.27. The molecule has 0 aliphatic heterocycles. The van der Waals surface area contributed by atoms with E-state index in [4.69, 9.17) is 0 Å². The second-order valence-corrected chi connectivity index (χ2v) is 8.61. The number of sulfonamides is 1. The van der Waals surface area contributed by atoms with Crippen molar-refractivity contribution in [3.63, 3.8) is 0 Å². The van der Waals surface area contributed by atoms with Crippen molar-refractivity contribution in [1.82, 2.24) is 5.32 Å². The highest BCUT2D eigenvalue weighted by Gasteiger charge is 2.33. The molecule has 0 fully saturated rings. The van der Waals surface area contributed by atoms with E-state index in [2.05, 4.69) is 5.32 Å². The molecule has 29 heavy (non-hydrogen) atoms. The number of amides is 1. The molecule has 1 unspecified atom stereocenters. The molecule has 0 aliphatic rings. The number of rotatable bonds is 7. The second kappa shape index (κ2) is 8.86. The maximum Gasteiger partial charge on any atom is 0.416 e. The van der Waals surface area contributed by atoms with E-state index in [1.165, 1.54) is 18.2 Å². The van der Waals surface area contributed by atoms with Gasteiger partial charge in [0, 0.05) is 6.04 Å². The Morgan fingerprint density at radius 1 is 1.14 bits per heavy atom. The van der Waals surface area contributed by atoms with Crippen molar-refractivity contribution in [2.45, 2.75) is 44.3 Å². The molecule has 158 valence electrons. The Labute approximate surface area is 168 Å². The van der Waals surface area contributed by atoms with Crippen LogP contribution in [0.15, 0.2) is 53.4 Å². The molecule has 0 radical (unpaired) electrons. The fourth-order valence-corrected chi connectivity index (χ4v) is 3.96. The van der Waals surface area contributed by atoms with Crippen molar-refractivity contribution < 1.29 is 26.4 Å². The number of benzene rings is 2. The molecule has 0 saturated carbocycles. The maximum absolute atomic E-state index is 13.2. The van der Waals surface area contributed by atoms with E-state index in [9.17, 15) is 26.4 Å². The van der Waals surface area contributed by atoms with Gasteiger partial charge < -0.3 is 5.32 Å². The summed E-state index contributed by atoms with van der Waals surface area (Å²) in [4.78, 5) is 12.3. The summed E-state index contributed by atoms with van der Waals surface area (Å²) in [6.45, 7) is 4.74. The van der Waals surface area contributed by atoms with Gasteiger partial charge in [0.25, 0.3) is 10.0 Å². The zero-order valence-corrected chi connectivity index (χ0v) is 17.1. The van der Waals surface area contributed by atoms with Crippen LogP contribution in [0, 0.1) is 6.92 Å². The van der Waals surface area contributed by atoms with Crippen molar-refractivity contribution in [3.8, 4) is 0 Å². The molecular weight excluding hydrogens is 405 g/mol. The molecule has 0 aliphatic carbocycles. The molecule has 0 bridgehead atoms. The lowest BCUT2D eigenvalue weighted by Gasteiger charge is -2.25. The predicted molar refractivity (Wildman–Crippen MR) is 105 cm³/mol. The quantitative estimate of drug-likeness (QED) is 0.721. The van der Waals surface area contributed by atoms with Gasteiger partial charge in [-0.3, -0.25) is 9.10 Å². The predicted octanol–water partition coefficient (Wildman–Crippen LogP) is 4.12. The topological polar surface area (TPSA) is 66.5 Å². The molecule has 2 aromatic carbocycles. The number of carbonyl (C=O) groups excluding carboxylic acids is 1. The van der Waals surface area contributed by atoms with E-state index >= 15 is 0 Å². The summed E-state index contributed by atoms with van der Waals surface area (Å²) >= 11 is 0. The highest BCUT2D eigenvalue weighted by molar-refractivity contribution is 7.92. The van der Waals surface area contributed by atoms with E-state index in [1.54, 1.807) is 26.0 Å². The summed E-state index contributed by atoms with van der Waals surface area (Å²) in [5.74, 6) is -0.604. The molecular formula is C20H23F3N2O3S. The average molecular weight is 428 g/mol. The number of carbonyl (C=O) groups is 1. The van der Waals surface area contributed by atoms with Gasteiger partial charge in [-0.05, 0) is 50.6 Å². The molecule has 1 N–H and O–H groups in total. The molecule has 0 aromatic heterocycles. The number of halogens is 3. The average Bonchev–Trinajstić information content (AvgIpc) is 2.65. The van der Waals surface area contributed by atoms with E-state index in [-0.39, 0.29) is 16.6 Å². The van der Waals surface area contributed by atoms with Crippen molar-refractivity contribution in [2.24, 2.45) is 0 Å². The van der Waals surface area contributed by atoms with Crippen molar-refractivity contribution in [2.75, 3.05) is 10.8 Å². The summed E-state index contributed by atoms with van der Waals surface area (Å²) in [5, 5.41) is 2.64. The third kappa shape index (κ3) is 5.72. The summed E-state index contributed by atoms with van der Waals surface area (Å²) in [5.41, 5.74) is -0.412. The van der Waals surface area contributed by atoms with Crippen LogP contribution in [-0.4, -0.2) is 26.9 Å². The Bertz CT molecular complexity index is 958. The number of anilines is 1. The van der Waals surface area contributed by atoms with Crippen LogP contribution in [0.3, 0.4) is 0 Å². The standard InChI is InChI=1S/C20H23F3N2O3S/c1-4-15(3)24-19(26)13-25(17-7-5-6-16(12-17)20(21,22)23)29(27,28)18-10-8-14(2)9-11-18/h5-12,15H,4,13H2,1-3H3,(H,24,26). The van der Waals surface area contributed by atoms with Crippen LogP contribution in [0.5, 0.6) is 0 Å². The van der Waals surface area contributed by atoms with Crippen LogP contribution in [0.4, 0.5) is 18.9 Å². The fourth-order valence-electron chi connectivity index (χ4n) is 2.54. The molecule has 0 spiro atoms. The molecule has 1 atom stereocenters. The third-order valence-electron chi connectivity index (χ3n) is 4.38. The minimum Gasteiger partial charge on any atom is -0.352 e. The zero-order valence-electron chi connectivity index (χ0n) is 16.3. The Balaban J connectivity index is 2.51. The van der Waals surface area contributed by atoms with Gasteiger partial charge >= 0.3 is 6.18 Å². The summed E-state index contributed by atoms with van der Waals surface area (Å²) < 4.78 is 66.4. The van der Waals surface area contributed by atoms with E-state index in [1.807, 2.05) is 6.92 Å². The normalized spacial score (nSPS) is 13.0. The minimum absolute atomic E-state index is 0.114. The van der Waals surface area contributed by atoms with E-state index in [0.717, 1.165) is 23.8 Å². The maximum atomic E-state index is 13.2. The monoisotopic (exact) mass is 428 g/mol. The smallest absolute Gasteiger partial charge is 0.352 e. The first kappa shape index (κ1) is 22.7. The Kier molecular flexibility index (Phi) is 6.94. The highest BCUT2D eigenvalue weighted by Crippen LogP contribution is 2.33. The van der Waals surface area contributed by atoms with Crippen LogP contribution in [-0.2, 0) is 21.0 Å². The number of nitrogens with zero attached hydrogens (tertiary/aromatic N) is 1. The molecule has 1 amide bonds. The molecule has 5 nitrogen and oxygen atoms in total. The third-order valence-corrected chi connectivity index (χ3v) is 6.17. The van der Waals surface area contributed by atoms with Crippen LogP contribution in [0.2, 0.25) is 0 Å². The van der Waals surface area contributed by atoms with E-state index in [0.29, 0.717) is 10.7 Å². The number of alkyl halides is 3. The Hall–Kier alpha value is -2.55. The Morgan fingerprint density at radius 3 is 2.31 bits per heavy atom. The number of hydrogen-bond acceptors (Lipinski definition) is 3. The minimum atomic E-state index is -4.64. The number of hydrogen-bond donors (Lipinski definition) is 1. The summed E-state index contributed by atoms with van der Waals surface area (Å²) in [6.07, 6.45) is -4.02. The van der Waals surface area contributed by atoms with E-state index < -0.39 is 34.2 Å². The fraction of sp³-hybridized carbons (Fsp3) is 0.350. The number of aryl methyl sites for hydroxylation is 1. The SMILES string of the molecule is CCC(C)NC(=O)CN(c1cccc(C(F)(F)F)c1)S(=O)(=O)c1ccc(C)cc1.